The number of anilines is 1. The summed E-state index contributed by atoms with van der Waals surface area (Å²) >= 11 is 6.21. The second-order valence-corrected chi connectivity index (χ2v) is 11.5. The lowest BCUT2D eigenvalue weighted by Gasteiger charge is -2.31. The van der Waals surface area contributed by atoms with Crippen molar-refractivity contribution in [3.8, 4) is 6.07 Å². The molecular weight excluding hydrogens is 511 g/mol. The van der Waals surface area contributed by atoms with Crippen LogP contribution in [0.4, 0.5) is 14.9 Å². The summed E-state index contributed by atoms with van der Waals surface area (Å²) in [6.07, 6.45) is -1.13. The lowest BCUT2D eigenvalue weighted by Crippen LogP contribution is -2.52. The standard InChI is InChI=1S/C28H30ClFN4O4/c1-16(17-5-8-19(30)9-6-17)38-26(37)33-23(13-27(2,3)4)24(35)34-15-28(12-20(34)14-31)21-11-18(29)7-10-22(21)32-25(28)36/h5-11,16,20,23H,12-13,15H2,1-4H3,(H,32,36)(H,33,37)/t16?,20-,23-,28-/m0/s1. The van der Waals surface area contributed by atoms with Crippen LogP contribution in [0.1, 0.15) is 57.8 Å². The SMILES string of the molecule is CC(OC(=O)N[C@@H](CC(C)(C)C)C(=O)N1C[C@]2(C[C@H]1C#N)C(=O)Nc1ccc(Cl)cc12)c1ccc(F)cc1. The quantitative estimate of drug-likeness (QED) is 0.549. The molecule has 200 valence electrons. The normalized spacial score (nSPS) is 21.9. The fourth-order valence-electron chi connectivity index (χ4n) is 5.15. The number of carbonyl (C=O) groups excluding carboxylic acids is 3. The van der Waals surface area contributed by atoms with Crippen LogP contribution in [-0.2, 0) is 19.7 Å². The molecule has 1 fully saturated rings. The molecule has 0 aromatic heterocycles. The van der Waals surface area contributed by atoms with Gasteiger partial charge in [-0.1, -0.05) is 44.5 Å². The molecule has 0 bridgehead atoms. The Hall–Kier alpha value is -3.64. The number of fused-ring (bicyclic) bond motifs is 2. The van der Waals surface area contributed by atoms with Crippen LogP contribution in [0.15, 0.2) is 42.5 Å². The highest BCUT2D eigenvalue weighted by Gasteiger charge is 2.56. The number of nitriles is 1. The number of ether oxygens (including phenoxy) is 1. The Kier molecular flexibility index (Phi) is 7.39. The molecule has 0 radical (unpaired) electrons. The Bertz CT molecular complexity index is 1300. The van der Waals surface area contributed by atoms with Gasteiger partial charge in [-0.15, -0.1) is 0 Å². The van der Waals surface area contributed by atoms with Crippen LogP contribution in [0.25, 0.3) is 0 Å². The van der Waals surface area contributed by atoms with Gasteiger partial charge in [-0.25, -0.2) is 9.18 Å². The third-order valence-corrected chi connectivity index (χ3v) is 7.24. The Morgan fingerprint density at radius 3 is 2.61 bits per heavy atom. The first-order valence-electron chi connectivity index (χ1n) is 12.4. The number of rotatable bonds is 5. The van der Waals surface area contributed by atoms with Crippen molar-refractivity contribution in [2.75, 3.05) is 11.9 Å². The van der Waals surface area contributed by atoms with E-state index >= 15 is 0 Å². The first-order valence-corrected chi connectivity index (χ1v) is 12.7. The summed E-state index contributed by atoms with van der Waals surface area (Å²) in [7, 11) is 0. The highest BCUT2D eigenvalue weighted by molar-refractivity contribution is 6.31. The molecule has 1 unspecified atom stereocenters. The minimum Gasteiger partial charge on any atom is -0.442 e. The Morgan fingerprint density at radius 1 is 1.29 bits per heavy atom. The fraction of sp³-hybridized carbons (Fsp3) is 0.429. The largest absolute Gasteiger partial charge is 0.442 e. The molecule has 1 saturated heterocycles. The number of nitrogens with zero attached hydrogens (tertiary/aromatic N) is 2. The number of benzene rings is 2. The van der Waals surface area contributed by atoms with Crippen molar-refractivity contribution in [1.82, 2.24) is 10.2 Å². The number of amides is 3. The van der Waals surface area contributed by atoms with Crippen molar-refractivity contribution >= 4 is 35.2 Å². The molecule has 2 heterocycles. The van der Waals surface area contributed by atoms with E-state index in [0.29, 0.717) is 21.8 Å². The van der Waals surface area contributed by atoms with E-state index in [9.17, 15) is 24.0 Å². The first-order chi connectivity index (χ1) is 17.8. The second-order valence-electron chi connectivity index (χ2n) is 11.1. The number of carbonyl (C=O) groups is 3. The van der Waals surface area contributed by atoms with Gasteiger partial charge in [0.05, 0.1) is 11.5 Å². The van der Waals surface area contributed by atoms with Crippen molar-refractivity contribution in [2.45, 2.75) is 64.1 Å². The molecule has 2 aliphatic rings. The molecule has 1 spiro atoms. The smallest absolute Gasteiger partial charge is 0.408 e. The van der Waals surface area contributed by atoms with Gasteiger partial charge in [0.1, 0.15) is 24.0 Å². The zero-order valence-electron chi connectivity index (χ0n) is 21.7. The Labute approximate surface area is 226 Å². The molecule has 0 aliphatic carbocycles. The highest BCUT2D eigenvalue weighted by Crippen LogP contribution is 2.47. The van der Waals surface area contributed by atoms with Gasteiger partial charge >= 0.3 is 6.09 Å². The predicted molar refractivity (Wildman–Crippen MR) is 140 cm³/mol. The van der Waals surface area contributed by atoms with E-state index in [1.54, 1.807) is 25.1 Å². The van der Waals surface area contributed by atoms with E-state index in [0.717, 1.165) is 0 Å². The average Bonchev–Trinajstić information content (AvgIpc) is 3.36. The van der Waals surface area contributed by atoms with Crippen LogP contribution in [0.3, 0.4) is 0 Å². The van der Waals surface area contributed by atoms with Crippen LogP contribution in [0.2, 0.25) is 5.02 Å². The van der Waals surface area contributed by atoms with E-state index in [1.165, 1.54) is 29.2 Å². The van der Waals surface area contributed by atoms with Gasteiger partial charge < -0.3 is 20.3 Å². The van der Waals surface area contributed by atoms with E-state index in [4.69, 9.17) is 16.3 Å². The average molecular weight is 541 g/mol. The maximum Gasteiger partial charge on any atom is 0.408 e. The summed E-state index contributed by atoms with van der Waals surface area (Å²) in [4.78, 5) is 41.2. The van der Waals surface area contributed by atoms with Gasteiger partial charge in [-0.05, 0) is 60.2 Å². The fourth-order valence-corrected chi connectivity index (χ4v) is 5.32. The molecule has 10 heteroatoms. The monoisotopic (exact) mass is 540 g/mol. The number of hydrogen-bond acceptors (Lipinski definition) is 5. The Morgan fingerprint density at radius 2 is 1.97 bits per heavy atom. The molecule has 38 heavy (non-hydrogen) atoms. The van der Waals surface area contributed by atoms with E-state index in [1.807, 2.05) is 20.8 Å². The number of nitrogens with one attached hydrogen (secondary N) is 2. The Balaban J connectivity index is 1.56. The number of likely N-dealkylation sites (tertiary alicyclic amines) is 1. The maximum atomic E-state index is 13.9. The summed E-state index contributed by atoms with van der Waals surface area (Å²) in [5.74, 6) is -1.17. The van der Waals surface area contributed by atoms with Gasteiger partial charge in [-0.3, -0.25) is 9.59 Å². The predicted octanol–water partition coefficient (Wildman–Crippen LogP) is 5.09. The molecular formula is C28H30ClFN4O4. The summed E-state index contributed by atoms with van der Waals surface area (Å²) in [5.41, 5.74) is 0.378. The molecule has 4 rings (SSSR count). The number of alkyl carbamates (subject to hydrolysis) is 1. The van der Waals surface area contributed by atoms with Gasteiger partial charge in [0.2, 0.25) is 11.8 Å². The van der Waals surface area contributed by atoms with Crippen LogP contribution < -0.4 is 10.6 Å². The molecule has 0 saturated carbocycles. The molecule has 2 aromatic carbocycles. The van der Waals surface area contributed by atoms with E-state index in [-0.39, 0.29) is 30.7 Å². The zero-order valence-corrected chi connectivity index (χ0v) is 22.4. The number of hydrogen-bond donors (Lipinski definition) is 2. The molecule has 2 aromatic rings. The summed E-state index contributed by atoms with van der Waals surface area (Å²) in [6.45, 7) is 7.41. The lowest BCUT2D eigenvalue weighted by atomic mass is 9.80. The van der Waals surface area contributed by atoms with E-state index < -0.39 is 41.4 Å². The topological polar surface area (TPSA) is 112 Å². The highest BCUT2D eigenvalue weighted by atomic mass is 35.5. The third kappa shape index (κ3) is 5.46. The third-order valence-electron chi connectivity index (χ3n) is 7.00. The van der Waals surface area contributed by atoms with Crippen LogP contribution in [0.5, 0.6) is 0 Å². The van der Waals surface area contributed by atoms with Crippen molar-refractivity contribution in [2.24, 2.45) is 5.41 Å². The summed E-state index contributed by atoms with van der Waals surface area (Å²) in [6, 6.07) is 10.9. The molecule has 3 amide bonds. The molecule has 4 atom stereocenters. The molecule has 8 nitrogen and oxygen atoms in total. The van der Waals surface area contributed by atoms with Crippen LogP contribution in [0, 0.1) is 22.6 Å². The lowest BCUT2D eigenvalue weighted by molar-refractivity contribution is -0.134. The van der Waals surface area contributed by atoms with Gasteiger partial charge in [0, 0.05) is 23.7 Å². The van der Waals surface area contributed by atoms with Gasteiger partial charge in [0.25, 0.3) is 0 Å². The van der Waals surface area contributed by atoms with Crippen molar-refractivity contribution in [3.05, 3.63) is 64.4 Å². The maximum absolute atomic E-state index is 13.9. The summed E-state index contributed by atoms with van der Waals surface area (Å²) < 4.78 is 18.7. The van der Waals surface area contributed by atoms with Crippen molar-refractivity contribution in [1.29, 1.82) is 5.26 Å². The zero-order chi connectivity index (χ0) is 27.8. The van der Waals surface area contributed by atoms with Crippen molar-refractivity contribution in [3.63, 3.8) is 0 Å². The van der Waals surface area contributed by atoms with Gasteiger partial charge in [0.15, 0.2) is 0 Å². The second kappa shape index (κ2) is 10.3. The molecule has 2 aliphatic heterocycles. The van der Waals surface area contributed by atoms with Crippen LogP contribution in [-0.4, -0.2) is 41.4 Å². The number of halogens is 2. The minimum absolute atomic E-state index is 0.0212. The minimum atomic E-state index is -1.11. The van der Waals surface area contributed by atoms with E-state index in [2.05, 4.69) is 16.7 Å². The molecule has 2 N–H and O–H groups in total. The van der Waals surface area contributed by atoms with Crippen molar-refractivity contribution < 1.29 is 23.5 Å². The van der Waals surface area contributed by atoms with Gasteiger partial charge in [-0.2, -0.15) is 5.26 Å². The first kappa shape index (κ1) is 27.4. The summed E-state index contributed by atoms with van der Waals surface area (Å²) in [5, 5.41) is 15.9. The van der Waals surface area contributed by atoms with Crippen LogP contribution >= 0.6 is 11.6 Å².